The molecule has 0 heterocycles. The van der Waals surface area contributed by atoms with Crippen LogP contribution in [0.1, 0.15) is 54.4 Å². The molecule has 0 bridgehead atoms. The summed E-state index contributed by atoms with van der Waals surface area (Å²) < 4.78 is 0. The summed E-state index contributed by atoms with van der Waals surface area (Å²) in [5, 5.41) is 3.62. The minimum absolute atomic E-state index is 0.998. The zero-order valence-electron chi connectivity index (χ0n) is 12.2. The molecular weight excluding hydrogens is 218 g/mol. The van der Waals surface area contributed by atoms with Gasteiger partial charge in [0.05, 0.1) is 0 Å². The predicted molar refractivity (Wildman–Crippen MR) is 78.9 cm³/mol. The number of nitrogens with one attached hydrogen (secondary N) is 1. The van der Waals surface area contributed by atoms with Crippen LogP contribution in [0.5, 0.6) is 0 Å². The Morgan fingerprint density at radius 1 is 1.00 bits per heavy atom. The monoisotopic (exact) mass is 245 g/mol. The molecule has 1 saturated carbocycles. The summed E-state index contributed by atoms with van der Waals surface area (Å²) in [5.41, 5.74) is 5.70. The average molecular weight is 245 g/mol. The molecule has 0 saturated heterocycles. The third-order valence-corrected chi connectivity index (χ3v) is 4.47. The highest BCUT2D eigenvalue weighted by Gasteiger charge is 2.13. The highest BCUT2D eigenvalue weighted by atomic mass is 14.8. The Morgan fingerprint density at radius 2 is 1.67 bits per heavy atom. The SMILES string of the molecule is Cc1cc(C)c(CNCCC2CCCC2)cc1C. The first-order chi connectivity index (χ1) is 8.66. The maximum absolute atomic E-state index is 3.62. The maximum Gasteiger partial charge on any atom is 0.0208 e. The van der Waals surface area contributed by atoms with Crippen LogP contribution in [-0.2, 0) is 6.54 Å². The van der Waals surface area contributed by atoms with Gasteiger partial charge in [0.15, 0.2) is 0 Å². The number of hydrogen-bond acceptors (Lipinski definition) is 1. The van der Waals surface area contributed by atoms with Crippen LogP contribution in [0, 0.1) is 26.7 Å². The lowest BCUT2D eigenvalue weighted by Crippen LogP contribution is -2.17. The summed E-state index contributed by atoms with van der Waals surface area (Å²) in [4.78, 5) is 0. The molecule has 1 N–H and O–H groups in total. The predicted octanol–water partition coefficient (Wildman–Crippen LogP) is 4.28. The van der Waals surface area contributed by atoms with Gasteiger partial charge in [0, 0.05) is 6.54 Å². The van der Waals surface area contributed by atoms with Crippen LogP contribution < -0.4 is 5.32 Å². The van der Waals surface area contributed by atoms with Crippen LogP contribution in [0.15, 0.2) is 12.1 Å². The first kappa shape index (κ1) is 13.6. The van der Waals surface area contributed by atoms with Crippen LogP contribution in [0.2, 0.25) is 0 Å². The molecule has 0 unspecified atom stereocenters. The molecule has 0 aliphatic heterocycles. The normalized spacial score (nSPS) is 16.4. The van der Waals surface area contributed by atoms with Gasteiger partial charge in [-0.25, -0.2) is 0 Å². The number of hydrogen-bond donors (Lipinski definition) is 1. The Morgan fingerprint density at radius 3 is 2.39 bits per heavy atom. The molecule has 0 radical (unpaired) electrons. The van der Waals surface area contributed by atoms with E-state index in [1.807, 2.05) is 0 Å². The third-order valence-electron chi connectivity index (χ3n) is 4.47. The second-order valence-corrected chi connectivity index (χ2v) is 5.98. The Balaban J connectivity index is 1.77. The van der Waals surface area contributed by atoms with Gasteiger partial charge in [0.1, 0.15) is 0 Å². The van der Waals surface area contributed by atoms with Crippen LogP contribution in [0.3, 0.4) is 0 Å². The summed E-state index contributed by atoms with van der Waals surface area (Å²) in [6, 6.07) is 4.65. The smallest absolute Gasteiger partial charge is 0.0208 e. The lowest BCUT2D eigenvalue weighted by Gasteiger charge is -2.12. The summed E-state index contributed by atoms with van der Waals surface area (Å²) in [7, 11) is 0. The van der Waals surface area contributed by atoms with Gasteiger partial charge in [-0.05, 0) is 61.9 Å². The summed E-state index contributed by atoms with van der Waals surface area (Å²) >= 11 is 0. The molecule has 1 heteroatoms. The number of benzene rings is 1. The highest BCUT2D eigenvalue weighted by Crippen LogP contribution is 2.26. The quantitative estimate of drug-likeness (QED) is 0.763. The van der Waals surface area contributed by atoms with E-state index in [-0.39, 0.29) is 0 Å². The molecule has 0 aromatic heterocycles. The summed E-state index contributed by atoms with van der Waals surface area (Å²) in [6.45, 7) is 8.83. The van der Waals surface area contributed by atoms with Crippen molar-refractivity contribution < 1.29 is 0 Å². The second kappa shape index (κ2) is 6.38. The lowest BCUT2D eigenvalue weighted by atomic mass is 10.0. The Kier molecular flexibility index (Phi) is 4.82. The van der Waals surface area contributed by atoms with Crippen molar-refractivity contribution in [2.45, 2.75) is 59.4 Å². The van der Waals surface area contributed by atoms with E-state index in [9.17, 15) is 0 Å². The minimum Gasteiger partial charge on any atom is -0.313 e. The first-order valence-corrected chi connectivity index (χ1v) is 7.44. The molecule has 0 atom stereocenters. The largest absolute Gasteiger partial charge is 0.313 e. The van der Waals surface area contributed by atoms with Gasteiger partial charge >= 0.3 is 0 Å². The zero-order chi connectivity index (χ0) is 13.0. The van der Waals surface area contributed by atoms with E-state index in [2.05, 4.69) is 38.2 Å². The lowest BCUT2D eigenvalue weighted by molar-refractivity contribution is 0.477. The number of rotatable bonds is 5. The Labute approximate surface area is 112 Å². The maximum atomic E-state index is 3.62. The fraction of sp³-hybridized carbons (Fsp3) is 0.647. The zero-order valence-corrected chi connectivity index (χ0v) is 12.2. The molecular formula is C17H27N. The van der Waals surface area contributed by atoms with Crippen molar-refractivity contribution in [1.29, 1.82) is 0 Å². The van der Waals surface area contributed by atoms with Gasteiger partial charge in [0.2, 0.25) is 0 Å². The van der Waals surface area contributed by atoms with Crippen molar-refractivity contribution >= 4 is 0 Å². The van der Waals surface area contributed by atoms with Crippen LogP contribution in [0.25, 0.3) is 0 Å². The molecule has 1 fully saturated rings. The Bertz CT molecular complexity index is 389. The van der Waals surface area contributed by atoms with E-state index >= 15 is 0 Å². The van der Waals surface area contributed by atoms with Crippen molar-refractivity contribution in [1.82, 2.24) is 5.32 Å². The molecule has 1 nitrogen and oxygen atoms in total. The van der Waals surface area contributed by atoms with Gasteiger partial charge in [-0.15, -0.1) is 0 Å². The van der Waals surface area contributed by atoms with Gasteiger partial charge in [-0.3, -0.25) is 0 Å². The molecule has 0 spiro atoms. The number of aryl methyl sites for hydroxylation is 3. The summed E-state index contributed by atoms with van der Waals surface area (Å²) in [5.74, 6) is 0.998. The van der Waals surface area contributed by atoms with Crippen molar-refractivity contribution in [2.75, 3.05) is 6.54 Å². The van der Waals surface area contributed by atoms with Crippen molar-refractivity contribution in [3.63, 3.8) is 0 Å². The molecule has 2 rings (SSSR count). The van der Waals surface area contributed by atoms with Gasteiger partial charge in [0.25, 0.3) is 0 Å². The van der Waals surface area contributed by atoms with Gasteiger partial charge in [-0.2, -0.15) is 0 Å². The first-order valence-electron chi connectivity index (χ1n) is 7.44. The standard InChI is InChI=1S/C17H27N/c1-13-10-15(3)17(11-14(13)2)12-18-9-8-16-6-4-5-7-16/h10-11,16,18H,4-9,12H2,1-3H3. The molecule has 1 aliphatic carbocycles. The van der Waals surface area contributed by atoms with Crippen molar-refractivity contribution in [2.24, 2.45) is 5.92 Å². The van der Waals surface area contributed by atoms with E-state index in [0.717, 1.165) is 12.5 Å². The van der Waals surface area contributed by atoms with E-state index in [4.69, 9.17) is 0 Å². The van der Waals surface area contributed by atoms with Crippen molar-refractivity contribution in [3.8, 4) is 0 Å². The van der Waals surface area contributed by atoms with Crippen LogP contribution in [0.4, 0.5) is 0 Å². The average Bonchev–Trinajstić information content (AvgIpc) is 2.84. The van der Waals surface area contributed by atoms with Crippen LogP contribution in [-0.4, -0.2) is 6.54 Å². The van der Waals surface area contributed by atoms with E-state index < -0.39 is 0 Å². The third kappa shape index (κ3) is 3.58. The van der Waals surface area contributed by atoms with E-state index in [0.29, 0.717) is 0 Å². The highest BCUT2D eigenvalue weighted by molar-refractivity contribution is 5.36. The van der Waals surface area contributed by atoms with Crippen LogP contribution >= 0.6 is 0 Å². The fourth-order valence-electron chi connectivity index (χ4n) is 3.04. The molecule has 1 aliphatic rings. The van der Waals surface area contributed by atoms with E-state index in [1.165, 1.54) is 60.9 Å². The molecule has 0 amide bonds. The molecule has 1 aromatic rings. The molecule has 1 aromatic carbocycles. The van der Waals surface area contributed by atoms with Gasteiger partial charge < -0.3 is 5.32 Å². The molecule has 18 heavy (non-hydrogen) atoms. The molecule has 100 valence electrons. The minimum atomic E-state index is 0.998. The fourth-order valence-corrected chi connectivity index (χ4v) is 3.04. The summed E-state index contributed by atoms with van der Waals surface area (Å²) in [6.07, 6.45) is 7.21. The van der Waals surface area contributed by atoms with E-state index in [1.54, 1.807) is 0 Å². The Hall–Kier alpha value is -0.820. The topological polar surface area (TPSA) is 12.0 Å². The van der Waals surface area contributed by atoms with Crippen molar-refractivity contribution in [3.05, 3.63) is 34.4 Å². The second-order valence-electron chi connectivity index (χ2n) is 5.98. The van der Waals surface area contributed by atoms with Gasteiger partial charge in [-0.1, -0.05) is 37.8 Å².